The van der Waals surface area contributed by atoms with Crippen LogP contribution in [0, 0.1) is 19.3 Å². The van der Waals surface area contributed by atoms with Gasteiger partial charge in [-0.3, -0.25) is 10.1 Å². The molecule has 2 N–H and O–H groups in total. The molecule has 2 aromatic rings. The van der Waals surface area contributed by atoms with Gasteiger partial charge in [0.15, 0.2) is 0 Å². The first-order chi connectivity index (χ1) is 9.87. The summed E-state index contributed by atoms with van der Waals surface area (Å²) in [6.45, 7) is 11.7. The van der Waals surface area contributed by atoms with Crippen LogP contribution in [0.1, 0.15) is 55.7 Å². The maximum absolute atomic E-state index is 4.26. The second-order valence-electron chi connectivity index (χ2n) is 6.90. The molecule has 0 spiro atoms. The number of nitrogens with one attached hydrogen (secondary N) is 2. The maximum Gasteiger partial charge on any atom is 0.0638 e. The van der Waals surface area contributed by atoms with E-state index >= 15 is 0 Å². The predicted molar refractivity (Wildman–Crippen MR) is 86.0 cm³/mol. The number of hydrogen-bond acceptors (Lipinski definition) is 3. The molecule has 2 heterocycles. The van der Waals surface area contributed by atoms with Crippen molar-refractivity contribution in [1.82, 2.24) is 20.5 Å². The van der Waals surface area contributed by atoms with Gasteiger partial charge in [-0.25, -0.2) is 0 Å². The van der Waals surface area contributed by atoms with E-state index in [9.17, 15) is 0 Å². The number of nitrogens with zero attached hydrogens (tertiary/aromatic N) is 2. The van der Waals surface area contributed by atoms with Gasteiger partial charge >= 0.3 is 0 Å². The highest BCUT2D eigenvalue weighted by molar-refractivity contribution is 5.23. The average Bonchev–Trinajstić information content (AvgIpc) is 2.74. The lowest BCUT2D eigenvalue weighted by Crippen LogP contribution is -2.26. The largest absolute Gasteiger partial charge is 0.306 e. The topological polar surface area (TPSA) is 53.6 Å². The Morgan fingerprint density at radius 1 is 1.29 bits per heavy atom. The fourth-order valence-electron chi connectivity index (χ4n) is 2.56. The van der Waals surface area contributed by atoms with Crippen LogP contribution in [0.2, 0.25) is 0 Å². The molecule has 1 unspecified atom stereocenters. The first-order valence-electron chi connectivity index (χ1n) is 7.50. The van der Waals surface area contributed by atoms with Gasteiger partial charge in [-0.05, 0) is 37.3 Å². The van der Waals surface area contributed by atoms with Gasteiger partial charge in [0, 0.05) is 36.2 Å². The lowest BCUT2D eigenvalue weighted by molar-refractivity contribution is 0.309. The zero-order chi connectivity index (χ0) is 15.5. The van der Waals surface area contributed by atoms with E-state index < -0.39 is 0 Å². The normalized spacial score (nSPS) is 13.4. The van der Waals surface area contributed by atoms with E-state index in [1.54, 1.807) is 0 Å². The highest BCUT2D eigenvalue weighted by Gasteiger charge is 2.20. The van der Waals surface area contributed by atoms with Crippen LogP contribution in [0.4, 0.5) is 0 Å². The van der Waals surface area contributed by atoms with Crippen molar-refractivity contribution >= 4 is 0 Å². The fraction of sp³-hybridized carbons (Fsp3) is 0.529. The third kappa shape index (κ3) is 4.39. The summed E-state index contributed by atoms with van der Waals surface area (Å²) in [5.41, 5.74) is 4.97. The number of rotatable bonds is 5. The summed E-state index contributed by atoms with van der Waals surface area (Å²) in [5, 5.41) is 11.0. The van der Waals surface area contributed by atoms with Crippen molar-refractivity contribution in [3.8, 4) is 0 Å². The van der Waals surface area contributed by atoms with E-state index in [4.69, 9.17) is 0 Å². The molecule has 0 aliphatic heterocycles. The van der Waals surface area contributed by atoms with Crippen LogP contribution in [0.3, 0.4) is 0 Å². The zero-order valence-electron chi connectivity index (χ0n) is 13.7. The van der Waals surface area contributed by atoms with E-state index in [0.717, 1.165) is 24.4 Å². The lowest BCUT2D eigenvalue weighted by Gasteiger charge is -2.27. The Kier molecular flexibility index (Phi) is 4.78. The monoisotopic (exact) mass is 286 g/mol. The summed E-state index contributed by atoms with van der Waals surface area (Å²) in [7, 11) is 0. The lowest BCUT2D eigenvalue weighted by atomic mass is 9.85. The Balaban J connectivity index is 2.13. The van der Waals surface area contributed by atoms with Crippen LogP contribution in [-0.2, 0) is 6.54 Å². The fourth-order valence-corrected chi connectivity index (χ4v) is 2.56. The highest BCUT2D eigenvalue weighted by Crippen LogP contribution is 2.29. The first-order valence-corrected chi connectivity index (χ1v) is 7.50. The summed E-state index contributed by atoms with van der Waals surface area (Å²) in [6, 6.07) is 4.44. The molecule has 0 radical (unpaired) electrons. The van der Waals surface area contributed by atoms with Gasteiger partial charge in [-0.1, -0.05) is 26.8 Å². The Hall–Kier alpha value is -1.68. The average molecular weight is 286 g/mol. The van der Waals surface area contributed by atoms with Crippen molar-refractivity contribution in [2.45, 2.75) is 53.6 Å². The van der Waals surface area contributed by atoms with Crippen LogP contribution in [0.5, 0.6) is 0 Å². The molecule has 0 aromatic carbocycles. The van der Waals surface area contributed by atoms with Gasteiger partial charge in [0.25, 0.3) is 0 Å². The molecule has 0 amide bonds. The summed E-state index contributed by atoms with van der Waals surface area (Å²) >= 11 is 0. The Morgan fingerprint density at radius 2 is 2.05 bits per heavy atom. The first kappa shape index (κ1) is 15.7. The van der Waals surface area contributed by atoms with Crippen molar-refractivity contribution in [3.05, 3.63) is 47.0 Å². The number of aromatic amines is 1. The van der Waals surface area contributed by atoms with Crippen molar-refractivity contribution < 1.29 is 0 Å². The van der Waals surface area contributed by atoms with Crippen LogP contribution in [0.25, 0.3) is 0 Å². The molecule has 0 saturated carbocycles. The van der Waals surface area contributed by atoms with Gasteiger partial charge in [-0.2, -0.15) is 5.10 Å². The molecular weight excluding hydrogens is 260 g/mol. The van der Waals surface area contributed by atoms with Crippen LogP contribution in [0.15, 0.2) is 24.5 Å². The summed E-state index contributed by atoms with van der Waals surface area (Å²) in [6.07, 6.45) is 4.84. The number of aromatic nitrogens is 3. The van der Waals surface area contributed by atoms with Crippen molar-refractivity contribution in [3.63, 3.8) is 0 Å². The van der Waals surface area contributed by atoms with Crippen LogP contribution < -0.4 is 5.32 Å². The van der Waals surface area contributed by atoms with Crippen molar-refractivity contribution in [1.29, 1.82) is 0 Å². The minimum atomic E-state index is 0.258. The Bertz CT molecular complexity index is 547. The van der Waals surface area contributed by atoms with Gasteiger partial charge in [0.05, 0.1) is 5.69 Å². The Morgan fingerprint density at radius 3 is 2.57 bits per heavy atom. The van der Waals surface area contributed by atoms with E-state index in [0.29, 0.717) is 6.04 Å². The molecule has 0 aliphatic rings. The minimum absolute atomic E-state index is 0.258. The highest BCUT2D eigenvalue weighted by atomic mass is 15.1. The molecule has 0 bridgehead atoms. The minimum Gasteiger partial charge on any atom is -0.306 e. The third-order valence-electron chi connectivity index (χ3n) is 3.71. The molecule has 4 heteroatoms. The van der Waals surface area contributed by atoms with Crippen LogP contribution >= 0.6 is 0 Å². The second-order valence-corrected chi connectivity index (χ2v) is 6.90. The van der Waals surface area contributed by atoms with Crippen molar-refractivity contribution in [2.24, 2.45) is 5.41 Å². The smallest absolute Gasteiger partial charge is 0.0638 e. The molecule has 21 heavy (non-hydrogen) atoms. The van der Waals surface area contributed by atoms with Gasteiger partial charge < -0.3 is 5.32 Å². The van der Waals surface area contributed by atoms with E-state index in [1.165, 1.54) is 11.1 Å². The van der Waals surface area contributed by atoms with E-state index in [1.807, 2.05) is 25.4 Å². The summed E-state index contributed by atoms with van der Waals surface area (Å²) in [4.78, 5) is 4.26. The standard InChI is InChI=1S/C17H26N4/c1-12-15(13(2)21-20-12)11-19-16(9-17(3,4)5)14-7-6-8-18-10-14/h6-8,10,16,19H,9,11H2,1-5H3,(H,20,21). The number of aryl methyl sites for hydroxylation is 2. The molecule has 114 valence electrons. The van der Waals surface area contributed by atoms with Gasteiger partial charge in [-0.15, -0.1) is 0 Å². The molecule has 1 atom stereocenters. The summed E-state index contributed by atoms with van der Waals surface area (Å²) < 4.78 is 0. The second kappa shape index (κ2) is 6.39. The molecule has 2 aromatic heterocycles. The molecule has 2 rings (SSSR count). The number of pyridine rings is 1. The predicted octanol–water partition coefficient (Wildman–Crippen LogP) is 3.69. The number of hydrogen-bond donors (Lipinski definition) is 2. The van der Waals surface area contributed by atoms with Gasteiger partial charge in [0.2, 0.25) is 0 Å². The maximum atomic E-state index is 4.26. The summed E-state index contributed by atoms with van der Waals surface area (Å²) in [5.74, 6) is 0. The number of H-pyrrole nitrogens is 1. The Labute approximate surface area is 127 Å². The quantitative estimate of drug-likeness (QED) is 0.881. The third-order valence-corrected chi connectivity index (χ3v) is 3.71. The van der Waals surface area contributed by atoms with Crippen LogP contribution in [-0.4, -0.2) is 15.2 Å². The molecule has 0 saturated heterocycles. The molecule has 4 nitrogen and oxygen atoms in total. The molecule has 0 aliphatic carbocycles. The molecular formula is C17H26N4. The van der Waals surface area contributed by atoms with E-state index in [2.05, 4.69) is 54.3 Å². The van der Waals surface area contributed by atoms with Gasteiger partial charge in [0.1, 0.15) is 0 Å². The molecule has 0 fully saturated rings. The van der Waals surface area contributed by atoms with Crippen molar-refractivity contribution in [2.75, 3.05) is 0 Å². The zero-order valence-corrected chi connectivity index (χ0v) is 13.7. The van der Waals surface area contributed by atoms with E-state index in [-0.39, 0.29) is 5.41 Å². The SMILES string of the molecule is Cc1n[nH]c(C)c1CNC(CC(C)(C)C)c1cccnc1.